The Bertz CT molecular complexity index is 1190. The van der Waals surface area contributed by atoms with Crippen molar-refractivity contribution in [2.24, 2.45) is 0 Å². The van der Waals surface area contributed by atoms with E-state index in [9.17, 15) is 14.9 Å². The number of hydrogen-bond acceptors (Lipinski definition) is 6. The molecule has 6 nitrogen and oxygen atoms in total. The molecule has 0 unspecified atom stereocenters. The van der Waals surface area contributed by atoms with Crippen LogP contribution in [0.1, 0.15) is 0 Å². The summed E-state index contributed by atoms with van der Waals surface area (Å²) in [6.45, 7) is 0. The number of nitro benzene ring substituents is 1. The Labute approximate surface area is 147 Å². The number of nitro groups is 1. The van der Waals surface area contributed by atoms with Gasteiger partial charge in [0.1, 0.15) is 15.0 Å². The largest absolute Gasteiger partial charge is 0.288 e. The van der Waals surface area contributed by atoms with Crippen molar-refractivity contribution in [2.45, 2.75) is 0 Å². The molecule has 0 spiro atoms. The fraction of sp³-hybridized carbons (Fsp3) is 0. The Balaban J connectivity index is 2.21. The zero-order valence-corrected chi connectivity index (χ0v) is 13.9. The third kappa shape index (κ3) is 2.21. The lowest BCUT2D eigenvalue weighted by molar-refractivity contribution is -0.384. The van der Waals surface area contributed by atoms with Gasteiger partial charge in [-0.05, 0) is 18.2 Å². The van der Waals surface area contributed by atoms with E-state index in [4.69, 9.17) is 23.2 Å². The molecule has 2 heterocycles. The molecule has 0 radical (unpaired) electrons. The smallest absolute Gasteiger partial charge is 0.270 e. The van der Waals surface area contributed by atoms with Gasteiger partial charge in [0.2, 0.25) is 5.43 Å². The van der Waals surface area contributed by atoms with Gasteiger partial charge in [0.25, 0.3) is 5.69 Å². The molecule has 1 aromatic heterocycles. The molecule has 1 aromatic carbocycles. The Morgan fingerprint density at radius 1 is 1.08 bits per heavy atom. The molecule has 0 N–H and O–H groups in total. The van der Waals surface area contributed by atoms with Gasteiger partial charge in [-0.15, -0.1) is 11.3 Å². The fourth-order valence-electron chi connectivity index (χ4n) is 2.48. The van der Waals surface area contributed by atoms with Crippen molar-refractivity contribution >= 4 is 61.3 Å². The summed E-state index contributed by atoms with van der Waals surface area (Å²) in [5, 5.41) is 11.9. The van der Waals surface area contributed by atoms with Gasteiger partial charge in [-0.2, -0.15) is 0 Å². The van der Waals surface area contributed by atoms with Gasteiger partial charge in [0.05, 0.1) is 21.0 Å². The third-order valence-electron chi connectivity index (χ3n) is 3.56. The molecule has 9 heteroatoms. The van der Waals surface area contributed by atoms with E-state index in [-0.39, 0.29) is 16.1 Å². The van der Waals surface area contributed by atoms with E-state index in [1.807, 2.05) is 0 Å². The van der Waals surface area contributed by atoms with Gasteiger partial charge >= 0.3 is 0 Å². The second-order valence-corrected chi connectivity index (χ2v) is 6.74. The lowest BCUT2D eigenvalue weighted by Crippen LogP contribution is -2.07. The van der Waals surface area contributed by atoms with Gasteiger partial charge in [-0.25, -0.2) is 9.97 Å². The summed E-state index contributed by atoms with van der Waals surface area (Å²) in [5.74, 6) is 0. The minimum Gasteiger partial charge on any atom is -0.288 e. The zero-order chi connectivity index (χ0) is 17.0. The number of nitrogens with zero attached hydrogens (tertiary/aromatic N) is 3. The second-order valence-electron chi connectivity index (χ2n) is 4.98. The fourth-order valence-corrected chi connectivity index (χ4v) is 3.97. The number of benzene rings is 2. The van der Waals surface area contributed by atoms with Crippen LogP contribution in [0, 0.1) is 10.1 Å². The van der Waals surface area contributed by atoms with Crippen LogP contribution in [0.15, 0.2) is 35.1 Å². The number of hydrogen-bond donors (Lipinski definition) is 0. The van der Waals surface area contributed by atoms with Crippen LogP contribution in [-0.2, 0) is 0 Å². The SMILES string of the molecule is O=c1c(Cl)c2sc3nc(Cl)ccc3nc-2c2ccc([N+](=O)[O-])cc12. The molecule has 0 saturated heterocycles. The number of rotatable bonds is 1. The standard InChI is InChI=1S/C15H5Cl2N3O3S/c16-10-4-3-9-15(19-10)24-14-11(17)13(21)8-5-6(20(22)23)1-2-7(8)12(14)18-9/h1-5H. The van der Waals surface area contributed by atoms with Crippen LogP contribution in [0.4, 0.5) is 5.69 Å². The van der Waals surface area contributed by atoms with E-state index in [2.05, 4.69) is 9.97 Å². The van der Waals surface area contributed by atoms with Gasteiger partial charge in [-0.3, -0.25) is 14.9 Å². The average Bonchev–Trinajstić information content (AvgIpc) is 2.57. The van der Waals surface area contributed by atoms with E-state index >= 15 is 0 Å². The summed E-state index contributed by atoms with van der Waals surface area (Å²) in [7, 11) is 0. The summed E-state index contributed by atoms with van der Waals surface area (Å²) in [6.07, 6.45) is 0. The molecule has 2 aromatic rings. The molecule has 0 bridgehead atoms. The van der Waals surface area contributed by atoms with Crippen molar-refractivity contribution < 1.29 is 4.92 Å². The first kappa shape index (κ1) is 15.2. The van der Waals surface area contributed by atoms with Gasteiger partial charge in [-0.1, -0.05) is 23.2 Å². The molecule has 0 saturated carbocycles. The summed E-state index contributed by atoms with van der Waals surface area (Å²) in [5.41, 5.74) is 0.465. The third-order valence-corrected chi connectivity index (χ3v) is 5.34. The van der Waals surface area contributed by atoms with Crippen molar-refractivity contribution in [1.29, 1.82) is 0 Å². The minimum absolute atomic E-state index is 0.0285. The van der Waals surface area contributed by atoms with Gasteiger partial charge < -0.3 is 0 Å². The summed E-state index contributed by atoms with van der Waals surface area (Å²) < 4.78 is 0. The predicted octanol–water partition coefficient (Wildman–Crippen LogP) is 4.52. The minimum atomic E-state index is -0.556. The molecule has 2 aliphatic rings. The molecule has 1 aliphatic heterocycles. The van der Waals surface area contributed by atoms with Crippen LogP contribution in [0.5, 0.6) is 0 Å². The Hall–Kier alpha value is -2.35. The lowest BCUT2D eigenvalue weighted by atomic mass is 10.0. The van der Waals surface area contributed by atoms with Gasteiger partial charge in [0, 0.05) is 22.9 Å². The monoisotopic (exact) mass is 377 g/mol. The first-order valence-electron chi connectivity index (χ1n) is 6.62. The van der Waals surface area contributed by atoms with Crippen LogP contribution in [0.3, 0.4) is 0 Å². The maximum atomic E-state index is 12.5. The Morgan fingerprint density at radius 2 is 1.88 bits per heavy atom. The predicted molar refractivity (Wildman–Crippen MR) is 94.5 cm³/mol. The normalized spacial score (nSPS) is 11.4. The number of halogens is 2. The molecule has 0 amide bonds. The molecular weight excluding hydrogens is 373 g/mol. The summed E-state index contributed by atoms with van der Waals surface area (Å²) >= 11 is 13.3. The Morgan fingerprint density at radius 3 is 2.62 bits per heavy atom. The highest BCUT2D eigenvalue weighted by atomic mass is 35.5. The van der Waals surface area contributed by atoms with E-state index in [0.29, 0.717) is 31.5 Å². The van der Waals surface area contributed by atoms with Crippen LogP contribution < -0.4 is 5.43 Å². The van der Waals surface area contributed by atoms with E-state index in [0.717, 1.165) is 0 Å². The van der Waals surface area contributed by atoms with Crippen molar-refractivity contribution in [2.75, 3.05) is 0 Å². The highest BCUT2D eigenvalue weighted by Crippen LogP contribution is 2.39. The van der Waals surface area contributed by atoms with Gasteiger partial charge in [0.15, 0.2) is 0 Å². The topological polar surface area (TPSA) is 86.0 Å². The first-order valence-corrected chi connectivity index (χ1v) is 8.19. The van der Waals surface area contributed by atoms with E-state index in [1.165, 1.54) is 29.5 Å². The molecule has 118 valence electrons. The maximum Gasteiger partial charge on any atom is 0.270 e. The van der Waals surface area contributed by atoms with Crippen molar-refractivity contribution in [3.8, 4) is 10.6 Å². The zero-order valence-electron chi connectivity index (χ0n) is 11.6. The van der Waals surface area contributed by atoms with Crippen LogP contribution >= 0.6 is 34.5 Å². The number of pyridine rings is 1. The molecule has 0 fully saturated rings. The number of non-ortho nitro benzene ring substituents is 1. The number of fused-ring (bicyclic) bond motifs is 4. The molecular formula is C15H5Cl2N3O3S. The summed E-state index contributed by atoms with van der Waals surface area (Å²) in [4.78, 5) is 32.6. The van der Waals surface area contributed by atoms with E-state index in [1.54, 1.807) is 12.1 Å². The van der Waals surface area contributed by atoms with Crippen LogP contribution in [-0.4, -0.2) is 14.9 Å². The van der Waals surface area contributed by atoms with Crippen molar-refractivity contribution in [3.05, 3.63) is 60.8 Å². The molecule has 24 heavy (non-hydrogen) atoms. The van der Waals surface area contributed by atoms with Crippen LogP contribution in [0.2, 0.25) is 10.2 Å². The average molecular weight is 378 g/mol. The summed E-state index contributed by atoms with van der Waals surface area (Å²) in [6, 6.07) is 7.41. The number of aromatic nitrogens is 2. The molecule has 4 rings (SSSR count). The molecule has 1 aliphatic carbocycles. The van der Waals surface area contributed by atoms with E-state index < -0.39 is 10.4 Å². The van der Waals surface area contributed by atoms with Crippen LogP contribution in [0.25, 0.3) is 31.7 Å². The first-order chi connectivity index (χ1) is 11.5. The second kappa shape index (κ2) is 5.34. The van der Waals surface area contributed by atoms with Crippen molar-refractivity contribution in [3.63, 3.8) is 0 Å². The lowest BCUT2D eigenvalue weighted by Gasteiger charge is -2.11. The highest BCUT2D eigenvalue weighted by molar-refractivity contribution is 7.21. The maximum absolute atomic E-state index is 12.5. The molecule has 0 atom stereocenters. The van der Waals surface area contributed by atoms with Crippen molar-refractivity contribution in [1.82, 2.24) is 9.97 Å². The Kier molecular flexibility index (Phi) is 3.38. The highest BCUT2D eigenvalue weighted by Gasteiger charge is 2.21. The quantitative estimate of drug-likeness (QED) is 0.160.